The topological polar surface area (TPSA) is 38.0 Å². The van der Waals surface area contributed by atoms with Crippen LogP contribution in [-0.2, 0) is 0 Å². The molecule has 2 aliphatic rings. The molecule has 1 aliphatic carbocycles. The lowest BCUT2D eigenvalue weighted by atomic mass is 9.86. The molecule has 0 fully saturated rings. The van der Waals surface area contributed by atoms with E-state index in [2.05, 4.69) is 17.5 Å². The van der Waals surface area contributed by atoms with Gasteiger partial charge in [-0.3, -0.25) is 0 Å². The molecule has 2 rings (SSSR count). The van der Waals surface area contributed by atoms with Gasteiger partial charge in [0.1, 0.15) is 0 Å². The molecule has 0 bridgehead atoms. The number of rotatable bonds is 1. The summed E-state index contributed by atoms with van der Waals surface area (Å²) in [7, 11) is 0. The Balaban J connectivity index is 2.14. The first-order valence-corrected chi connectivity index (χ1v) is 4.72. The van der Waals surface area contributed by atoms with Gasteiger partial charge in [-0.15, -0.1) is 11.6 Å². The molecule has 3 N–H and O–H groups in total. The Kier molecular flexibility index (Phi) is 2.11. The Morgan fingerprint density at radius 1 is 1.58 bits per heavy atom. The molecule has 1 heterocycles. The van der Waals surface area contributed by atoms with E-state index in [9.17, 15) is 0 Å². The average Bonchev–Trinajstić information content (AvgIpc) is 2.46. The van der Waals surface area contributed by atoms with Crippen LogP contribution in [0.4, 0.5) is 0 Å². The first-order valence-electron chi connectivity index (χ1n) is 4.28. The van der Waals surface area contributed by atoms with Crippen LogP contribution < -0.4 is 11.1 Å². The van der Waals surface area contributed by atoms with E-state index in [4.69, 9.17) is 17.3 Å². The van der Waals surface area contributed by atoms with Crippen molar-refractivity contribution < 1.29 is 0 Å². The Hall–Kier alpha value is -0.470. The quantitative estimate of drug-likeness (QED) is 0.471. The fourth-order valence-corrected chi connectivity index (χ4v) is 2.19. The fourth-order valence-electron chi connectivity index (χ4n) is 1.92. The second-order valence-corrected chi connectivity index (χ2v) is 3.92. The van der Waals surface area contributed by atoms with Crippen molar-refractivity contribution >= 4 is 11.6 Å². The molecular formula is C9H13ClN2. The van der Waals surface area contributed by atoms with Crippen LogP contribution in [0.3, 0.4) is 0 Å². The van der Waals surface area contributed by atoms with E-state index in [1.165, 1.54) is 5.57 Å². The van der Waals surface area contributed by atoms with E-state index in [1.807, 2.05) is 6.20 Å². The van der Waals surface area contributed by atoms with E-state index >= 15 is 0 Å². The van der Waals surface area contributed by atoms with E-state index in [0.29, 0.717) is 18.5 Å². The predicted molar refractivity (Wildman–Crippen MR) is 50.9 cm³/mol. The molecule has 0 radical (unpaired) electrons. The first-order chi connectivity index (χ1) is 5.81. The van der Waals surface area contributed by atoms with Crippen molar-refractivity contribution in [2.75, 3.05) is 6.54 Å². The van der Waals surface area contributed by atoms with Crippen molar-refractivity contribution in [3.8, 4) is 0 Å². The lowest BCUT2D eigenvalue weighted by Crippen LogP contribution is -2.31. The van der Waals surface area contributed by atoms with E-state index in [-0.39, 0.29) is 5.38 Å². The van der Waals surface area contributed by atoms with Crippen molar-refractivity contribution in [3.05, 3.63) is 23.9 Å². The highest BCUT2D eigenvalue weighted by Gasteiger charge is 2.31. The van der Waals surface area contributed by atoms with Crippen LogP contribution in [0.15, 0.2) is 23.9 Å². The molecule has 2 nitrogen and oxygen atoms in total. The summed E-state index contributed by atoms with van der Waals surface area (Å²) in [6.07, 6.45) is 7.25. The summed E-state index contributed by atoms with van der Waals surface area (Å²) in [4.78, 5) is 0. The third kappa shape index (κ3) is 1.25. The molecule has 3 atom stereocenters. The molecule has 12 heavy (non-hydrogen) atoms. The largest absolute Gasteiger partial charge is 0.384 e. The van der Waals surface area contributed by atoms with Gasteiger partial charge in [-0.1, -0.05) is 12.2 Å². The number of nitrogens with two attached hydrogens (primary N) is 1. The van der Waals surface area contributed by atoms with Gasteiger partial charge in [-0.2, -0.15) is 0 Å². The maximum absolute atomic E-state index is 6.02. The fraction of sp³-hybridized carbons (Fsp3) is 0.556. The third-order valence-corrected chi connectivity index (χ3v) is 2.94. The average molecular weight is 185 g/mol. The number of hydrogen-bond donors (Lipinski definition) is 2. The van der Waals surface area contributed by atoms with Gasteiger partial charge >= 0.3 is 0 Å². The van der Waals surface area contributed by atoms with E-state index in [0.717, 1.165) is 6.42 Å². The minimum Gasteiger partial charge on any atom is -0.384 e. The Morgan fingerprint density at radius 3 is 3.17 bits per heavy atom. The van der Waals surface area contributed by atoms with Gasteiger partial charge in [0.05, 0.1) is 11.4 Å². The van der Waals surface area contributed by atoms with Crippen LogP contribution in [0.1, 0.15) is 6.42 Å². The van der Waals surface area contributed by atoms with Crippen LogP contribution >= 0.6 is 11.6 Å². The summed E-state index contributed by atoms with van der Waals surface area (Å²) in [5, 5.41) is 3.47. The van der Waals surface area contributed by atoms with Crippen LogP contribution in [0.2, 0.25) is 0 Å². The number of alkyl halides is 1. The number of hydrogen-bond acceptors (Lipinski definition) is 2. The molecular weight excluding hydrogens is 172 g/mol. The number of fused-ring (bicyclic) bond motifs is 1. The molecule has 1 aliphatic heterocycles. The highest BCUT2D eigenvalue weighted by molar-refractivity contribution is 6.21. The lowest BCUT2D eigenvalue weighted by Gasteiger charge is -2.25. The smallest absolute Gasteiger partial charge is 0.0523 e. The van der Waals surface area contributed by atoms with Gasteiger partial charge in [0.25, 0.3) is 0 Å². The van der Waals surface area contributed by atoms with Crippen LogP contribution in [0.5, 0.6) is 0 Å². The maximum Gasteiger partial charge on any atom is 0.0523 e. The van der Waals surface area contributed by atoms with Gasteiger partial charge in [-0.05, 0) is 18.2 Å². The maximum atomic E-state index is 6.02. The Labute approximate surface area is 77.5 Å². The number of halogens is 1. The summed E-state index contributed by atoms with van der Waals surface area (Å²) in [5.41, 5.74) is 6.91. The van der Waals surface area contributed by atoms with Crippen molar-refractivity contribution in [3.63, 3.8) is 0 Å². The van der Waals surface area contributed by atoms with Crippen LogP contribution in [0.25, 0.3) is 0 Å². The van der Waals surface area contributed by atoms with Gasteiger partial charge in [0.15, 0.2) is 0 Å². The Morgan fingerprint density at radius 2 is 2.42 bits per heavy atom. The van der Waals surface area contributed by atoms with Crippen LogP contribution in [0, 0.1) is 5.92 Å². The Bertz CT molecular complexity index is 235. The zero-order valence-corrected chi connectivity index (χ0v) is 7.59. The normalized spacial score (nSPS) is 38.8. The second kappa shape index (κ2) is 3.11. The van der Waals surface area contributed by atoms with Crippen LogP contribution in [-0.4, -0.2) is 18.0 Å². The molecule has 66 valence electrons. The summed E-state index contributed by atoms with van der Waals surface area (Å²) >= 11 is 6.02. The third-order valence-electron chi connectivity index (χ3n) is 2.61. The first kappa shape index (κ1) is 8.14. The molecule has 0 aromatic carbocycles. The van der Waals surface area contributed by atoms with Crippen molar-refractivity contribution in [1.29, 1.82) is 0 Å². The molecule has 0 aromatic rings. The lowest BCUT2D eigenvalue weighted by molar-refractivity contribution is 0.487. The molecule has 3 heteroatoms. The second-order valence-electron chi connectivity index (χ2n) is 3.36. The highest BCUT2D eigenvalue weighted by Crippen LogP contribution is 2.31. The predicted octanol–water partition coefficient (Wildman–Crippen LogP) is 0.984. The zero-order chi connectivity index (χ0) is 8.55. The summed E-state index contributed by atoms with van der Waals surface area (Å²) in [6, 6.07) is 0.443. The molecule has 0 spiro atoms. The van der Waals surface area contributed by atoms with Crippen molar-refractivity contribution in [2.45, 2.75) is 17.8 Å². The molecule has 0 amide bonds. The monoisotopic (exact) mass is 184 g/mol. The van der Waals surface area contributed by atoms with Gasteiger partial charge in [0.2, 0.25) is 0 Å². The van der Waals surface area contributed by atoms with Gasteiger partial charge < -0.3 is 11.1 Å². The van der Waals surface area contributed by atoms with Crippen molar-refractivity contribution in [2.24, 2.45) is 11.7 Å². The van der Waals surface area contributed by atoms with E-state index < -0.39 is 0 Å². The standard InChI is InChI=1S/C9H13ClN2/c10-7-1-2-9-8(3-7)6(4-11)5-12-9/h1-2,5,7-9,12H,3-4,11H2. The minimum atomic E-state index is 0.182. The summed E-state index contributed by atoms with van der Waals surface area (Å²) in [5.74, 6) is 0.530. The molecule has 0 saturated heterocycles. The van der Waals surface area contributed by atoms with E-state index in [1.54, 1.807) is 0 Å². The van der Waals surface area contributed by atoms with Crippen molar-refractivity contribution in [1.82, 2.24) is 5.32 Å². The summed E-state index contributed by atoms with van der Waals surface area (Å²) < 4.78 is 0. The van der Waals surface area contributed by atoms with Gasteiger partial charge in [-0.25, -0.2) is 0 Å². The van der Waals surface area contributed by atoms with Gasteiger partial charge in [0, 0.05) is 12.5 Å². The number of allylic oxidation sites excluding steroid dienone is 1. The molecule has 0 aromatic heterocycles. The highest BCUT2D eigenvalue weighted by atomic mass is 35.5. The zero-order valence-electron chi connectivity index (χ0n) is 6.83. The number of nitrogens with one attached hydrogen (secondary N) is 1. The summed E-state index contributed by atoms with van der Waals surface area (Å²) in [6.45, 7) is 0.644. The molecule has 0 saturated carbocycles. The SMILES string of the molecule is NCC1=CNC2C=CC(Cl)CC12. The minimum absolute atomic E-state index is 0.182. The molecule has 3 unspecified atom stereocenters.